The Morgan fingerprint density at radius 3 is 2.41 bits per heavy atom. The smallest absolute Gasteiger partial charge is 0.349 e. The quantitative estimate of drug-likeness (QED) is 0.476. The van der Waals surface area contributed by atoms with Crippen molar-refractivity contribution < 1.29 is 39.6 Å². The SMILES string of the molecule is O=C(NCc1cc(-c2ccc(C(F)(F)F)cc2F)ncn1)[C@@H]1C[C@@H](F)CN1S(=O)(=O)c1ccc(F)cc1. The van der Waals surface area contributed by atoms with Crippen LogP contribution in [0.3, 0.4) is 0 Å². The van der Waals surface area contributed by atoms with Crippen LogP contribution in [0.5, 0.6) is 0 Å². The minimum atomic E-state index is -4.72. The highest BCUT2D eigenvalue weighted by Crippen LogP contribution is 2.32. The molecule has 2 aromatic carbocycles. The normalized spacial score (nSPS) is 18.6. The van der Waals surface area contributed by atoms with Crippen molar-refractivity contribution in [2.24, 2.45) is 0 Å². The molecule has 1 aliphatic heterocycles. The number of carbonyl (C=O) groups is 1. The van der Waals surface area contributed by atoms with Gasteiger partial charge in [-0.15, -0.1) is 0 Å². The number of hydrogen-bond donors (Lipinski definition) is 1. The van der Waals surface area contributed by atoms with Crippen molar-refractivity contribution >= 4 is 15.9 Å². The van der Waals surface area contributed by atoms with Crippen LogP contribution in [0.2, 0.25) is 0 Å². The van der Waals surface area contributed by atoms with E-state index in [1.807, 2.05) is 0 Å². The van der Waals surface area contributed by atoms with Crippen molar-refractivity contribution in [2.75, 3.05) is 6.54 Å². The molecule has 196 valence electrons. The fraction of sp³-hybridized carbons (Fsp3) is 0.261. The number of nitrogens with one attached hydrogen (secondary N) is 1. The molecule has 1 amide bonds. The zero-order valence-electron chi connectivity index (χ0n) is 18.7. The van der Waals surface area contributed by atoms with Gasteiger partial charge < -0.3 is 5.32 Å². The topological polar surface area (TPSA) is 92.3 Å². The maximum atomic E-state index is 14.3. The van der Waals surface area contributed by atoms with Crippen molar-refractivity contribution in [3.05, 3.63) is 77.8 Å². The summed E-state index contributed by atoms with van der Waals surface area (Å²) in [7, 11) is -4.31. The number of aromatic nitrogens is 2. The Hall–Kier alpha value is -3.52. The maximum Gasteiger partial charge on any atom is 0.416 e. The summed E-state index contributed by atoms with van der Waals surface area (Å²) in [6, 6.07) is 5.68. The first-order valence-corrected chi connectivity index (χ1v) is 12.2. The lowest BCUT2D eigenvalue weighted by Crippen LogP contribution is -2.45. The van der Waals surface area contributed by atoms with Gasteiger partial charge in [0.15, 0.2) is 0 Å². The third-order valence-electron chi connectivity index (χ3n) is 5.67. The van der Waals surface area contributed by atoms with Crippen molar-refractivity contribution in [3.63, 3.8) is 0 Å². The van der Waals surface area contributed by atoms with Crippen LogP contribution in [0.4, 0.5) is 26.3 Å². The number of alkyl halides is 4. The van der Waals surface area contributed by atoms with E-state index in [0.717, 1.165) is 36.7 Å². The summed E-state index contributed by atoms with van der Waals surface area (Å²) in [5, 5.41) is 2.44. The first-order valence-electron chi connectivity index (χ1n) is 10.7. The molecule has 0 saturated carbocycles. The number of amides is 1. The van der Waals surface area contributed by atoms with E-state index >= 15 is 0 Å². The van der Waals surface area contributed by atoms with Crippen molar-refractivity contribution in [1.29, 1.82) is 0 Å². The van der Waals surface area contributed by atoms with Gasteiger partial charge in [0.1, 0.15) is 30.2 Å². The van der Waals surface area contributed by atoms with E-state index in [1.54, 1.807) is 0 Å². The molecule has 1 fully saturated rings. The zero-order chi connectivity index (χ0) is 27.0. The van der Waals surface area contributed by atoms with Crippen molar-refractivity contribution in [1.82, 2.24) is 19.6 Å². The van der Waals surface area contributed by atoms with E-state index in [2.05, 4.69) is 15.3 Å². The molecule has 0 bridgehead atoms. The van der Waals surface area contributed by atoms with Gasteiger partial charge in [0.05, 0.1) is 28.4 Å². The van der Waals surface area contributed by atoms with Crippen molar-refractivity contribution in [3.8, 4) is 11.3 Å². The highest BCUT2D eigenvalue weighted by atomic mass is 32.2. The van der Waals surface area contributed by atoms with Crippen LogP contribution in [0.25, 0.3) is 11.3 Å². The molecule has 3 aromatic rings. The Balaban J connectivity index is 1.49. The lowest BCUT2D eigenvalue weighted by Gasteiger charge is -2.23. The molecule has 0 spiro atoms. The number of hydrogen-bond acceptors (Lipinski definition) is 5. The maximum absolute atomic E-state index is 14.3. The molecule has 2 heterocycles. The second-order valence-corrected chi connectivity index (χ2v) is 10.1. The fourth-order valence-corrected chi connectivity index (χ4v) is 5.46. The number of carbonyl (C=O) groups excluding carboxylic acids is 1. The van der Waals surface area contributed by atoms with Crippen LogP contribution in [-0.2, 0) is 27.5 Å². The standard InChI is InChI=1S/C23H18F6N4O3S/c24-14-2-4-17(5-3-14)37(35,36)33-11-15(25)8-21(33)22(34)30-10-16-9-20(32-12-31-16)18-6-1-13(7-19(18)26)23(27,28)29/h1-7,9,12,15,21H,8,10-11H2,(H,30,34)/t15-,21+/m1/s1. The highest BCUT2D eigenvalue weighted by Gasteiger charge is 2.44. The van der Waals surface area contributed by atoms with Crippen molar-refractivity contribution in [2.45, 2.75) is 36.3 Å². The molecule has 14 heteroatoms. The highest BCUT2D eigenvalue weighted by molar-refractivity contribution is 7.89. The van der Waals surface area contributed by atoms with Gasteiger partial charge in [-0.2, -0.15) is 17.5 Å². The zero-order valence-corrected chi connectivity index (χ0v) is 19.5. The van der Waals surface area contributed by atoms with Crippen LogP contribution >= 0.6 is 0 Å². The summed E-state index contributed by atoms with van der Waals surface area (Å²) >= 11 is 0. The molecule has 2 atom stereocenters. The third kappa shape index (κ3) is 5.74. The summed E-state index contributed by atoms with van der Waals surface area (Å²) in [4.78, 5) is 20.3. The molecule has 0 unspecified atom stereocenters. The molecule has 0 aliphatic carbocycles. The van der Waals surface area contributed by atoms with Crippen LogP contribution in [0, 0.1) is 11.6 Å². The van der Waals surface area contributed by atoms with E-state index in [0.29, 0.717) is 16.4 Å². The van der Waals surface area contributed by atoms with E-state index in [9.17, 15) is 39.6 Å². The molecule has 7 nitrogen and oxygen atoms in total. The molecular weight excluding hydrogens is 526 g/mol. The molecular formula is C23H18F6N4O3S. The van der Waals surface area contributed by atoms with E-state index in [1.165, 1.54) is 6.07 Å². The van der Waals surface area contributed by atoms with Gasteiger partial charge in [0.2, 0.25) is 15.9 Å². The Morgan fingerprint density at radius 2 is 1.76 bits per heavy atom. The Bertz CT molecular complexity index is 1420. The predicted molar refractivity (Wildman–Crippen MR) is 118 cm³/mol. The van der Waals surface area contributed by atoms with Gasteiger partial charge in [-0.05, 0) is 48.5 Å². The summed E-state index contributed by atoms with van der Waals surface area (Å²) in [5.74, 6) is -2.66. The molecule has 1 aromatic heterocycles. The minimum Gasteiger partial charge on any atom is -0.349 e. The third-order valence-corrected chi connectivity index (χ3v) is 7.56. The summed E-state index contributed by atoms with van der Waals surface area (Å²) in [6.07, 6.45) is -5.72. The van der Waals surface area contributed by atoms with Crippen LogP contribution in [0.15, 0.2) is 59.8 Å². The summed E-state index contributed by atoms with van der Waals surface area (Å²) < 4.78 is 107. The number of rotatable bonds is 6. The molecule has 0 radical (unpaired) electrons. The second-order valence-electron chi connectivity index (χ2n) is 8.18. The lowest BCUT2D eigenvalue weighted by atomic mass is 10.1. The van der Waals surface area contributed by atoms with Crippen LogP contribution in [0.1, 0.15) is 17.7 Å². The van der Waals surface area contributed by atoms with E-state index in [-0.39, 0.29) is 28.4 Å². The summed E-state index contributed by atoms with van der Waals surface area (Å²) in [6.45, 7) is -0.850. The average molecular weight is 544 g/mol. The first-order chi connectivity index (χ1) is 17.4. The van der Waals surface area contributed by atoms with E-state index < -0.39 is 64.5 Å². The predicted octanol–water partition coefficient (Wildman–Crippen LogP) is 3.86. The Labute approximate surface area is 207 Å². The van der Waals surface area contributed by atoms with Gasteiger partial charge >= 0.3 is 6.18 Å². The number of benzene rings is 2. The largest absolute Gasteiger partial charge is 0.416 e. The van der Waals surface area contributed by atoms with Crippen LogP contribution in [-0.4, -0.2) is 47.4 Å². The van der Waals surface area contributed by atoms with Gasteiger partial charge in [-0.25, -0.2) is 31.6 Å². The Kier molecular flexibility index (Phi) is 7.24. The molecule has 37 heavy (non-hydrogen) atoms. The van der Waals surface area contributed by atoms with Gasteiger partial charge in [0.25, 0.3) is 0 Å². The molecule has 1 aliphatic rings. The van der Waals surface area contributed by atoms with Gasteiger partial charge in [-0.1, -0.05) is 0 Å². The average Bonchev–Trinajstić information content (AvgIpc) is 3.25. The summed E-state index contributed by atoms with van der Waals surface area (Å²) in [5.41, 5.74) is -1.30. The molecule has 1 saturated heterocycles. The minimum absolute atomic E-state index is 0.0457. The molecule has 1 N–H and O–H groups in total. The number of halogens is 6. The lowest BCUT2D eigenvalue weighted by molar-refractivity contribution is -0.137. The van der Waals surface area contributed by atoms with Crippen LogP contribution < -0.4 is 5.32 Å². The fourth-order valence-electron chi connectivity index (χ4n) is 3.84. The van der Waals surface area contributed by atoms with E-state index in [4.69, 9.17) is 0 Å². The number of sulfonamides is 1. The van der Waals surface area contributed by atoms with Gasteiger partial charge in [0, 0.05) is 18.5 Å². The monoisotopic (exact) mass is 544 g/mol. The molecule has 4 rings (SSSR count). The van der Waals surface area contributed by atoms with Gasteiger partial charge in [-0.3, -0.25) is 4.79 Å². The first kappa shape index (κ1) is 26.5. The second kappa shape index (κ2) is 10.1. The Morgan fingerprint density at radius 1 is 1.05 bits per heavy atom. The number of nitrogens with zero attached hydrogens (tertiary/aromatic N) is 3.